The Bertz CT molecular complexity index is 7470. The number of H-pyrrole nitrogens is 5. The van der Waals surface area contributed by atoms with Crippen molar-refractivity contribution in [3.63, 3.8) is 0 Å². The molecule has 59 heteroatoms. The zero-order chi connectivity index (χ0) is 97.2. The van der Waals surface area contributed by atoms with E-state index in [1.165, 1.54) is 50.9 Å². The molecule has 5 aliphatic heterocycles. The third-order valence-electron chi connectivity index (χ3n) is 20.5. The summed E-state index contributed by atoms with van der Waals surface area (Å²) in [5.41, 5.74) is 33.1. The SMILES string of the molecule is COc1ccc(C2CCOP(=O)(COCCn3cnc4c(=O)[nH]c(N)nc43)O2)cc1Cl.Cc1ccc2c(c1)COP(=O)(COCCn1cnc3c(=O)[nH]c(N)nc31)O2.Nc1nc2c(ncn2CCOCP2(=O)OCc3cccc(Cl)c3O2)c(=O)[nH]1.Nc1nc2c(ncn2CCOCP2(=O)OCc3cccc(F)c3O2)c(=O)[nH]1.Nc1nc2c(ncn2CCOCP2(=O)OCc3ccccc3O2)c(=O)[nH]1. The second-order valence-corrected chi connectivity index (χ2v) is 40.7. The molecule has 0 aliphatic carbocycles. The highest BCUT2D eigenvalue weighted by Gasteiger charge is 2.39. The number of nitrogens with zero attached hydrogens (tertiary/aromatic N) is 15. The summed E-state index contributed by atoms with van der Waals surface area (Å²) in [6.45, 7) is 5.28. The molecule has 138 heavy (non-hydrogen) atoms. The van der Waals surface area contributed by atoms with Crippen molar-refractivity contribution < 1.29 is 101 Å². The first-order valence-electron chi connectivity index (χ1n) is 41.4. The van der Waals surface area contributed by atoms with Crippen LogP contribution >= 0.6 is 61.2 Å². The summed E-state index contributed by atoms with van der Waals surface area (Å²) in [5, 5.41) is 0.816. The Balaban J connectivity index is 0.000000125. The van der Waals surface area contributed by atoms with Gasteiger partial charge in [-0.05, 0) is 48.9 Å². The van der Waals surface area contributed by atoms with Crippen LogP contribution in [0.5, 0.6) is 28.7 Å². The third-order valence-corrected chi connectivity index (χ3v) is 28.7. The first-order chi connectivity index (χ1) is 66.3. The van der Waals surface area contributed by atoms with Gasteiger partial charge >= 0.3 is 38.0 Å². The summed E-state index contributed by atoms with van der Waals surface area (Å²) in [6.07, 6.45) is 6.27. The minimum atomic E-state index is -3.62. The molecule has 1 fully saturated rings. The molecule has 6 unspecified atom stereocenters. The fraction of sp³-hybridized carbons (Fsp3) is 0.304. The monoisotopic (exact) mass is 2040 g/mol. The van der Waals surface area contributed by atoms with Crippen LogP contribution in [-0.2, 0) is 133 Å². The molecule has 5 aromatic carbocycles. The van der Waals surface area contributed by atoms with Gasteiger partial charge in [0.05, 0.1) is 121 Å². The van der Waals surface area contributed by atoms with Crippen LogP contribution < -0.4 is 79.3 Å². The second kappa shape index (κ2) is 42.6. The number of anilines is 5. The van der Waals surface area contributed by atoms with E-state index in [1.807, 2.05) is 37.3 Å². The number of fused-ring (bicyclic) bond motifs is 9. The van der Waals surface area contributed by atoms with Gasteiger partial charge < -0.3 is 103 Å². The van der Waals surface area contributed by atoms with Gasteiger partial charge in [0.15, 0.2) is 98.5 Å². The van der Waals surface area contributed by atoms with Gasteiger partial charge in [0.25, 0.3) is 27.8 Å². The maximum atomic E-state index is 13.8. The van der Waals surface area contributed by atoms with Crippen molar-refractivity contribution in [2.24, 2.45) is 0 Å². The van der Waals surface area contributed by atoms with Gasteiger partial charge in [0, 0.05) is 61.4 Å². The van der Waals surface area contributed by atoms with E-state index in [4.69, 9.17) is 126 Å². The quantitative estimate of drug-likeness (QED) is 0.0169. The van der Waals surface area contributed by atoms with E-state index in [0.717, 1.165) is 27.8 Å². The van der Waals surface area contributed by atoms with E-state index in [9.17, 15) is 51.2 Å². The van der Waals surface area contributed by atoms with E-state index >= 15 is 0 Å². The average molecular weight is 2050 g/mol. The molecule has 10 aromatic heterocycles. The summed E-state index contributed by atoms with van der Waals surface area (Å²) >= 11 is 12.3. The van der Waals surface area contributed by atoms with Crippen molar-refractivity contribution in [2.75, 3.05) is 107 Å². The lowest BCUT2D eigenvalue weighted by Gasteiger charge is -2.30. The first-order valence-corrected chi connectivity index (χ1v) is 50.8. The Labute approximate surface area is 785 Å². The lowest BCUT2D eigenvalue weighted by atomic mass is 10.1. The van der Waals surface area contributed by atoms with E-state index in [2.05, 4.69) is 74.8 Å². The lowest BCUT2D eigenvalue weighted by Crippen LogP contribution is -2.17. The van der Waals surface area contributed by atoms with E-state index in [0.29, 0.717) is 99.4 Å². The van der Waals surface area contributed by atoms with Crippen molar-refractivity contribution >= 4 is 147 Å². The van der Waals surface area contributed by atoms with E-state index in [1.54, 1.807) is 77.4 Å². The number of imidazole rings is 5. The van der Waals surface area contributed by atoms with Gasteiger partial charge in [-0.2, -0.15) is 24.9 Å². The number of hydrogen-bond acceptors (Lipinski definition) is 41. The van der Waals surface area contributed by atoms with Crippen LogP contribution in [0.15, 0.2) is 153 Å². The number of aromatic nitrogens is 20. The van der Waals surface area contributed by atoms with Crippen molar-refractivity contribution in [3.8, 4) is 28.7 Å². The molecule has 6 atom stereocenters. The number of methoxy groups -OCH3 is 1. The average Bonchev–Trinajstić information content (AvgIpc) is 1.76. The molecule has 0 amide bonds. The number of aromatic amines is 5. The summed E-state index contributed by atoms with van der Waals surface area (Å²) in [4.78, 5) is 111. The molecule has 15 heterocycles. The summed E-state index contributed by atoms with van der Waals surface area (Å²) < 4.78 is 172. The number of rotatable bonds is 27. The van der Waals surface area contributed by atoms with Crippen LogP contribution in [0.4, 0.5) is 34.1 Å². The van der Waals surface area contributed by atoms with Crippen LogP contribution in [0.1, 0.15) is 45.9 Å². The largest absolute Gasteiger partial charge is 0.495 e. The maximum absolute atomic E-state index is 13.8. The predicted octanol–water partition coefficient (Wildman–Crippen LogP) is 9.72. The number of ether oxygens (including phenoxy) is 6. The number of hydrogen-bond donors (Lipinski definition) is 10. The molecule has 728 valence electrons. The van der Waals surface area contributed by atoms with Crippen molar-refractivity contribution in [1.29, 1.82) is 0 Å². The standard InChI is InChI=1S/C18H21ClN5O6P.C16H18N5O5P.C15H15ClN5O5P.C15H15FN5O5P.C15H16N5O5P/c1-27-14-3-2-11(8-12(14)19)13-4-6-29-31(26,30-13)10-28-7-5-24-9-21-15-16(24)22-18(20)23-17(15)25;1-10-2-3-12-11(6-10)7-25-27(23,26-12)9-24-5-4-21-8-18-13-14(21)19-16(17)20-15(13)22;2*16-10-3-1-2-9-6-25-27(23,26-12(9)10)8-24-5-4-21-7-18-11-13(21)19-15(17)20-14(11)22;16-15-18-13-12(14(21)19-15)17-8-20(13)5-6-23-9-26(22)24-7-10-3-1-2-4-11(10)25-26/h2-3,8-9,13H,4-7,10H2,1H3,(H3,20,22,23,25);2-3,6,8H,4-5,7,9H2,1H3,(H3,17,19,20,22);2*1-3,7H,4-6,8H2,(H3,17,19,20,22);1-4,8H,5-7,9H2,(H3,16,18,19,21). The van der Waals surface area contributed by atoms with Crippen molar-refractivity contribution in [2.45, 2.75) is 78.6 Å². The number of benzene rings is 5. The Hall–Kier alpha value is -12.9. The van der Waals surface area contributed by atoms with Gasteiger partial charge in [-0.3, -0.25) is 76.1 Å². The molecule has 20 rings (SSSR count). The highest BCUT2D eigenvalue weighted by atomic mass is 35.5. The molecule has 15 aromatic rings. The van der Waals surface area contributed by atoms with Crippen LogP contribution in [0.2, 0.25) is 10.0 Å². The summed E-state index contributed by atoms with van der Waals surface area (Å²) in [6, 6.07) is 27.7. The Kier molecular flexibility index (Phi) is 30.3. The zero-order valence-corrected chi connectivity index (χ0v) is 78.6. The van der Waals surface area contributed by atoms with Gasteiger partial charge in [-0.15, -0.1) is 0 Å². The molecule has 0 bridgehead atoms. The molecule has 51 nitrogen and oxygen atoms in total. The number of nitrogens with one attached hydrogen (secondary N) is 5. The molecular weight excluding hydrogens is 1960 g/mol. The van der Waals surface area contributed by atoms with Gasteiger partial charge in [-0.25, -0.2) is 47.6 Å². The zero-order valence-electron chi connectivity index (χ0n) is 72.6. The molecule has 0 radical (unpaired) electrons. The number of para-hydroxylation sites is 3. The number of nitrogens with two attached hydrogens (primary N) is 5. The van der Waals surface area contributed by atoms with Crippen LogP contribution in [0, 0.1) is 12.7 Å². The Morgan fingerprint density at radius 2 is 0.761 bits per heavy atom. The van der Waals surface area contributed by atoms with Gasteiger partial charge in [0.2, 0.25) is 29.7 Å². The lowest BCUT2D eigenvalue weighted by molar-refractivity contribution is 0.0563. The normalized spacial score (nSPS) is 19.6. The molecule has 0 spiro atoms. The number of aryl methyl sites for hydroxylation is 1. The van der Waals surface area contributed by atoms with E-state index < -0.39 is 77.7 Å². The Morgan fingerprint density at radius 1 is 0.406 bits per heavy atom. The summed E-state index contributed by atoms with van der Waals surface area (Å²) in [7, 11) is -15.7. The van der Waals surface area contributed by atoms with Crippen molar-refractivity contribution in [1.82, 2.24) is 97.6 Å². The number of halogens is 3. The topological polar surface area (TPSA) is 681 Å². The maximum Gasteiger partial charge on any atom is 0.405 e. The Morgan fingerprint density at radius 3 is 1.17 bits per heavy atom. The molecule has 15 N–H and O–H groups in total. The fourth-order valence-electron chi connectivity index (χ4n) is 13.9. The van der Waals surface area contributed by atoms with E-state index in [-0.39, 0.29) is 167 Å². The highest BCUT2D eigenvalue weighted by molar-refractivity contribution is 7.55. The molecule has 1 saturated heterocycles. The predicted molar refractivity (Wildman–Crippen MR) is 494 cm³/mol. The van der Waals surface area contributed by atoms with Crippen LogP contribution in [-0.4, -0.2) is 176 Å². The summed E-state index contributed by atoms with van der Waals surface area (Å²) in [5.74, 6) is 1.33. The number of nitrogen functional groups attached to an aromatic ring is 5. The van der Waals surface area contributed by atoms with Gasteiger partial charge in [-0.1, -0.05) is 89.4 Å². The minimum Gasteiger partial charge on any atom is -0.495 e. The highest BCUT2D eigenvalue weighted by Crippen LogP contribution is 2.59. The smallest absolute Gasteiger partial charge is 0.405 e. The van der Waals surface area contributed by atoms with Crippen molar-refractivity contribution in [3.05, 3.63) is 230 Å². The molecule has 0 saturated carbocycles. The third kappa shape index (κ3) is 23.5. The second-order valence-electron chi connectivity index (χ2n) is 30.3. The molecule has 5 aliphatic rings. The van der Waals surface area contributed by atoms with Crippen LogP contribution in [0.25, 0.3) is 55.8 Å². The molecular formula is C79H85Cl2FN25O26P5. The first kappa shape index (κ1) is 98.1. The minimum absolute atomic E-state index is 0.000782. The fourth-order valence-corrected chi connectivity index (χ4v) is 21.4. The van der Waals surface area contributed by atoms with Gasteiger partial charge in [0.1, 0.15) is 23.6 Å². The van der Waals surface area contributed by atoms with Crippen LogP contribution in [0.3, 0.4) is 0 Å².